The van der Waals surface area contributed by atoms with Crippen molar-refractivity contribution < 1.29 is 24.9 Å². The lowest BCUT2D eigenvalue weighted by Gasteiger charge is -2.18. The summed E-state index contributed by atoms with van der Waals surface area (Å²) in [7, 11) is 0. The molecule has 0 amide bonds. The van der Waals surface area contributed by atoms with Crippen LogP contribution >= 0.6 is 11.3 Å². The van der Waals surface area contributed by atoms with Crippen molar-refractivity contribution in [3.05, 3.63) is 34.0 Å². The normalized spacial score (nSPS) is 23.5. The molecule has 28 heavy (non-hydrogen) atoms. The van der Waals surface area contributed by atoms with Gasteiger partial charge in [0.1, 0.15) is 5.78 Å². The summed E-state index contributed by atoms with van der Waals surface area (Å²) in [6.45, 7) is 2.13. The summed E-state index contributed by atoms with van der Waals surface area (Å²) in [4.78, 5) is 23.9. The fourth-order valence-corrected chi connectivity index (χ4v) is 5.00. The molecule has 5 nitrogen and oxygen atoms in total. The maximum absolute atomic E-state index is 12.4. The molecule has 0 saturated heterocycles. The summed E-state index contributed by atoms with van der Waals surface area (Å²) in [6, 6.07) is 1.96. The molecule has 0 radical (unpaired) electrons. The third-order valence-electron chi connectivity index (χ3n) is 5.42. The largest absolute Gasteiger partial charge is 0.481 e. The molecule has 156 valence electrons. The molecule has 0 aliphatic heterocycles. The van der Waals surface area contributed by atoms with Gasteiger partial charge in [0, 0.05) is 29.6 Å². The minimum Gasteiger partial charge on any atom is -0.481 e. The molecule has 1 aromatic heterocycles. The second-order valence-electron chi connectivity index (χ2n) is 7.66. The average molecular weight is 409 g/mol. The van der Waals surface area contributed by atoms with E-state index in [2.05, 4.69) is 6.92 Å². The number of aliphatic hydroxyl groups excluding tert-OH is 2. The van der Waals surface area contributed by atoms with Crippen LogP contribution in [0.1, 0.15) is 87.2 Å². The number of hydrogen-bond acceptors (Lipinski definition) is 5. The summed E-state index contributed by atoms with van der Waals surface area (Å²) < 4.78 is 0. The topological polar surface area (TPSA) is 94.8 Å². The highest BCUT2D eigenvalue weighted by Gasteiger charge is 2.42. The van der Waals surface area contributed by atoms with Crippen molar-refractivity contribution in [1.82, 2.24) is 0 Å². The first-order chi connectivity index (χ1) is 13.4. The van der Waals surface area contributed by atoms with Gasteiger partial charge in [-0.1, -0.05) is 38.3 Å². The first kappa shape index (κ1) is 22.8. The van der Waals surface area contributed by atoms with Crippen LogP contribution in [-0.4, -0.2) is 33.2 Å². The Hall–Kier alpha value is -1.50. The predicted molar refractivity (Wildman–Crippen MR) is 111 cm³/mol. The van der Waals surface area contributed by atoms with Crippen LogP contribution < -0.4 is 0 Å². The van der Waals surface area contributed by atoms with E-state index in [1.165, 1.54) is 11.3 Å². The SMILES string of the molecule is CCCCCC(O)c1csc(C2C(C/C=C\CCCC(=O)O)C(=O)C[C@H]2O)c1. The average Bonchev–Trinajstić information content (AvgIpc) is 3.22. The summed E-state index contributed by atoms with van der Waals surface area (Å²) in [5.74, 6) is -1.20. The smallest absolute Gasteiger partial charge is 0.303 e. The molecule has 2 rings (SSSR count). The lowest BCUT2D eigenvalue weighted by atomic mass is 9.89. The van der Waals surface area contributed by atoms with Gasteiger partial charge in [0.25, 0.3) is 0 Å². The predicted octanol–water partition coefficient (Wildman–Crippen LogP) is 4.60. The number of ketones is 1. The number of unbranched alkanes of at least 4 members (excludes halogenated alkanes) is 3. The van der Waals surface area contributed by atoms with Gasteiger partial charge in [-0.05, 0) is 42.7 Å². The Kier molecular flexibility index (Phi) is 9.35. The van der Waals surface area contributed by atoms with Crippen LogP contribution in [0.15, 0.2) is 23.6 Å². The molecule has 1 aliphatic rings. The van der Waals surface area contributed by atoms with E-state index in [1.54, 1.807) is 0 Å². The molecule has 0 bridgehead atoms. The van der Waals surface area contributed by atoms with Crippen molar-refractivity contribution in [1.29, 1.82) is 0 Å². The van der Waals surface area contributed by atoms with E-state index in [0.29, 0.717) is 19.3 Å². The zero-order valence-electron chi connectivity index (χ0n) is 16.5. The van der Waals surface area contributed by atoms with E-state index in [-0.39, 0.29) is 30.5 Å². The van der Waals surface area contributed by atoms with Gasteiger partial charge in [-0.2, -0.15) is 0 Å². The van der Waals surface area contributed by atoms with Gasteiger partial charge in [-0.15, -0.1) is 11.3 Å². The van der Waals surface area contributed by atoms with Crippen molar-refractivity contribution in [2.24, 2.45) is 5.92 Å². The van der Waals surface area contributed by atoms with E-state index >= 15 is 0 Å². The maximum Gasteiger partial charge on any atom is 0.303 e. The quantitative estimate of drug-likeness (QED) is 0.347. The Morgan fingerprint density at radius 1 is 1.32 bits per heavy atom. The highest BCUT2D eigenvalue weighted by molar-refractivity contribution is 7.10. The van der Waals surface area contributed by atoms with E-state index < -0.39 is 18.2 Å². The molecule has 0 spiro atoms. The van der Waals surface area contributed by atoms with Crippen LogP contribution in [0.25, 0.3) is 0 Å². The van der Waals surface area contributed by atoms with Crippen molar-refractivity contribution in [2.75, 3.05) is 0 Å². The van der Waals surface area contributed by atoms with Gasteiger partial charge in [0.05, 0.1) is 12.2 Å². The van der Waals surface area contributed by atoms with Crippen LogP contribution in [0.2, 0.25) is 0 Å². The van der Waals surface area contributed by atoms with Crippen molar-refractivity contribution in [3.63, 3.8) is 0 Å². The minimum absolute atomic E-state index is 0.0751. The van der Waals surface area contributed by atoms with E-state index in [9.17, 15) is 19.8 Å². The molecule has 6 heteroatoms. The number of hydrogen-bond donors (Lipinski definition) is 3. The number of aliphatic carboxylic acids is 1. The lowest BCUT2D eigenvalue weighted by Crippen LogP contribution is -2.17. The first-order valence-electron chi connectivity index (χ1n) is 10.3. The highest BCUT2D eigenvalue weighted by atomic mass is 32.1. The number of rotatable bonds is 12. The molecule has 1 heterocycles. The van der Waals surface area contributed by atoms with Gasteiger partial charge >= 0.3 is 5.97 Å². The third-order valence-corrected chi connectivity index (χ3v) is 6.48. The summed E-state index contributed by atoms with van der Waals surface area (Å²) in [6.07, 6.45) is 8.77. The summed E-state index contributed by atoms with van der Waals surface area (Å²) >= 11 is 1.51. The standard InChI is InChI=1S/C22H32O5S/c1-2-3-6-10-17(23)15-12-20(28-14-15)22-16(18(24)13-19(22)25)9-7-4-5-8-11-21(26)27/h4,7,12,14,16-17,19,22-23,25H,2-3,5-6,8-11,13H2,1H3,(H,26,27)/b7-4-/t16?,17?,19-,22?/m1/s1. The van der Waals surface area contributed by atoms with Crippen molar-refractivity contribution >= 4 is 23.1 Å². The number of carbonyl (C=O) groups is 2. The number of carboxylic acid groups (broad SMARTS) is 1. The Labute approximate surface area is 171 Å². The van der Waals surface area contributed by atoms with Crippen LogP contribution in [0, 0.1) is 5.92 Å². The molecular formula is C22H32O5S. The van der Waals surface area contributed by atoms with Gasteiger partial charge < -0.3 is 15.3 Å². The van der Waals surface area contributed by atoms with Gasteiger partial charge in [0.2, 0.25) is 0 Å². The molecule has 1 aliphatic carbocycles. The molecular weight excluding hydrogens is 376 g/mol. The van der Waals surface area contributed by atoms with E-state index in [0.717, 1.165) is 36.1 Å². The fraction of sp³-hybridized carbons (Fsp3) is 0.636. The second-order valence-corrected chi connectivity index (χ2v) is 8.60. The first-order valence-corrected chi connectivity index (χ1v) is 11.2. The summed E-state index contributed by atoms with van der Waals surface area (Å²) in [5, 5.41) is 31.4. The minimum atomic E-state index is -0.798. The monoisotopic (exact) mass is 408 g/mol. The zero-order chi connectivity index (χ0) is 20.5. The number of carbonyl (C=O) groups excluding carboxylic acids is 1. The summed E-state index contributed by atoms with van der Waals surface area (Å²) in [5.41, 5.74) is 0.880. The Bertz CT molecular complexity index is 666. The van der Waals surface area contributed by atoms with Gasteiger partial charge in [-0.3, -0.25) is 9.59 Å². The molecule has 1 aromatic rings. The van der Waals surface area contributed by atoms with Crippen molar-refractivity contribution in [3.8, 4) is 0 Å². The molecule has 0 aromatic carbocycles. The van der Waals surface area contributed by atoms with Crippen LogP contribution in [0.5, 0.6) is 0 Å². The molecule has 1 fully saturated rings. The maximum atomic E-state index is 12.4. The Morgan fingerprint density at radius 2 is 2.11 bits per heavy atom. The zero-order valence-corrected chi connectivity index (χ0v) is 17.4. The van der Waals surface area contributed by atoms with E-state index in [1.807, 2.05) is 23.6 Å². The van der Waals surface area contributed by atoms with Crippen LogP contribution in [0.4, 0.5) is 0 Å². The number of aliphatic hydroxyl groups is 2. The molecule has 3 N–H and O–H groups in total. The van der Waals surface area contributed by atoms with Crippen LogP contribution in [-0.2, 0) is 9.59 Å². The second kappa shape index (κ2) is 11.5. The number of carboxylic acids is 1. The third kappa shape index (κ3) is 6.54. The number of allylic oxidation sites excluding steroid dienone is 2. The Morgan fingerprint density at radius 3 is 2.82 bits per heavy atom. The molecule has 1 saturated carbocycles. The number of thiophene rings is 1. The van der Waals surface area contributed by atoms with Gasteiger partial charge in [-0.25, -0.2) is 0 Å². The molecule has 4 atom stereocenters. The van der Waals surface area contributed by atoms with Gasteiger partial charge in [0.15, 0.2) is 0 Å². The van der Waals surface area contributed by atoms with Crippen LogP contribution in [0.3, 0.4) is 0 Å². The van der Waals surface area contributed by atoms with E-state index in [4.69, 9.17) is 5.11 Å². The lowest BCUT2D eigenvalue weighted by molar-refractivity contribution is -0.137. The fourth-order valence-electron chi connectivity index (χ4n) is 3.82. The van der Waals surface area contributed by atoms with Crippen molar-refractivity contribution in [2.45, 2.75) is 82.8 Å². The highest BCUT2D eigenvalue weighted by Crippen LogP contribution is 2.43. The number of Topliss-reactive ketones (excluding diaryl/α,β-unsaturated/α-hetero) is 1. The Balaban J connectivity index is 1.97. The molecule has 3 unspecified atom stereocenters.